The average Bonchev–Trinajstić information content (AvgIpc) is 2.63. The molecule has 1 N–H and O–H groups in total. The minimum absolute atomic E-state index is 0.646. The topological polar surface area (TPSA) is 15.3 Å². The summed E-state index contributed by atoms with van der Waals surface area (Å²) < 4.78 is 1.11. The van der Waals surface area contributed by atoms with Gasteiger partial charge in [0, 0.05) is 22.6 Å². The number of anilines is 1. The van der Waals surface area contributed by atoms with Crippen molar-refractivity contribution >= 4 is 33.2 Å². The normalized spacial score (nSPS) is 30.8. The van der Waals surface area contributed by atoms with Gasteiger partial charge in [-0.15, -0.1) is 0 Å². The summed E-state index contributed by atoms with van der Waals surface area (Å²) in [6.07, 6.45) is 5.06. The van der Waals surface area contributed by atoms with Crippen LogP contribution in [0.1, 0.15) is 25.7 Å². The Bertz CT molecular complexity index is 437. The number of halogens is 2. The standard InChI is InChI=1S/C14H18BrClN2/c1-17-10-7-11-3-4-12(8-10)18(11)14-6-9(15)2-5-13(14)16/h2,5-6,10-12,17H,3-4,7-8H2,1H3. The lowest BCUT2D eigenvalue weighted by Gasteiger charge is -2.41. The van der Waals surface area contributed by atoms with E-state index in [9.17, 15) is 0 Å². The second-order valence-electron chi connectivity index (χ2n) is 5.35. The van der Waals surface area contributed by atoms with E-state index < -0.39 is 0 Å². The van der Waals surface area contributed by atoms with E-state index in [1.165, 1.54) is 31.4 Å². The van der Waals surface area contributed by atoms with Crippen LogP contribution in [0, 0.1) is 0 Å². The molecule has 2 saturated heterocycles. The molecule has 2 aliphatic heterocycles. The number of hydrogen-bond acceptors (Lipinski definition) is 2. The first kappa shape index (κ1) is 12.8. The first-order valence-corrected chi connectivity index (χ1v) is 7.77. The van der Waals surface area contributed by atoms with Gasteiger partial charge in [-0.25, -0.2) is 0 Å². The second-order valence-corrected chi connectivity index (χ2v) is 6.67. The average molecular weight is 330 g/mol. The molecule has 0 saturated carbocycles. The van der Waals surface area contributed by atoms with Crippen LogP contribution < -0.4 is 10.2 Å². The predicted molar refractivity (Wildman–Crippen MR) is 80.5 cm³/mol. The van der Waals surface area contributed by atoms with E-state index in [-0.39, 0.29) is 0 Å². The summed E-state index contributed by atoms with van der Waals surface area (Å²) >= 11 is 9.93. The van der Waals surface area contributed by atoms with Crippen LogP contribution in [0.4, 0.5) is 5.69 Å². The van der Waals surface area contributed by atoms with Gasteiger partial charge in [-0.2, -0.15) is 0 Å². The van der Waals surface area contributed by atoms with E-state index in [0.717, 1.165) is 9.50 Å². The minimum atomic E-state index is 0.646. The molecule has 98 valence electrons. The third-order valence-corrected chi connectivity index (χ3v) is 5.14. The van der Waals surface area contributed by atoms with Crippen LogP contribution in [0.5, 0.6) is 0 Å². The Hall–Kier alpha value is -0.250. The third-order valence-electron chi connectivity index (χ3n) is 4.33. The lowest BCUT2D eigenvalue weighted by atomic mass is 9.97. The molecule has 0 radical (unpaired) electrons. The van der Waals surface area contributed by atoms with E-state index >= 15 is 0 Å². The number of nitrogens with zero attached hydrogens (tertiary/aromatic N) is 1. The molecule has 0 spiro atoms. The third kappa shape index (κ3) is 2.17. The van der Waals surface area contributed by atoms with E-state index in [0.29, 0.717) is 18.1 Å². The van der Waals surface area contributed by atoms with E-state index in [1.807, 2.05) is 12.1 Å². The zero-order chi connectivity index (χ0) is 12.7. The summed E-state index contributed by atoms with van der Waals surface area (Å²) in [4.78, 5) is 2.56. The molecule has 2 atom stereocenters. The highest BCUT2D eigenvalue weighted by molar-refractivity contribution is 9.10. The summed E-state index contributed by atoms with van der Waals surface area (Å²) in [5.74, 6) is 0. The van der Waals surface area contributed by atoms with E-state index in [1.54, 1.807) is 0 Å². The Morgan fingerprint density at radius 2 is 1.94 bits per heavy atom. The van der Waals surface area contributed by atoms with Gasteiger partial charge >= 0.3 is 0 Å². The molecule has 1 aromatic rings. The summed E-state index contributed by atoms with van der Waals surface area (Å²) in [6.45, 7) is 0. The molecular formula is C14H18BrClN2. The van der Waals surface area contributed by atoms with Crippen LogP contribution in [0.2, 0.25) is 5.02 Å². The Balaban J connectivity index is 1.91. The van der Waals surface area contributed by atoms with Gasteiger partial charge in [0.2, 0.25) is 0 Å². The lowest BCUT2D eigenvalue weighted by Crippen LogP contribution is -2.48. The van der Waals surface area contributed by atoms with Gasteiger partial charge in [-0.3, -0.25) is 0 Å². The van der Waals surface area contributed by atoms with E-state index in [2.05, 4.69) is 39.3 Å². The molecule has 18 heavy (non-hydrogen) atoms. The van der Waals surface area contributed by atoms with Gasteiger partial charge in [0.05, 0.1) is 10.7 Å². The van der Waals surface area contributed by atoms with E-state index in [4.69, 9.17) is 11.6 Å². The molecule has 2 unspecified atom stereocenters. The fourth-order valence-corrected chi connectivity index (χ4v) is 4.05. The van der Waals surface area contributed by atoms with Crippen LogP contribution >= 0.6 is 27.5 Å². The maximum atomic E-state index is 6.38. The molecule has 4 heteroatoms. The van der Waals surface area contributed by atoms with Crippen molar-refractivity contribution < 1.29 is 0 Å². The minimum Gasteiger partial charge on any atom is -0.364 e. The van der Waals surface area contributed by atoms with Crippen LogP contribution in [-0.2, 0) is 0 Å². The zero-order valence-corrected chi connectivity index (χ0v) is 12.8. The Morgan fingerprint density at radius 3 is 2.56 bits per heavy atom. The van der Waals surface area contributed by atoms with Crippen molar-refractivity contribution in [3.63, 3.8) is 0 Å². The Morgan fingerprint density at radius 1 is 1.28 bits per heavy atom. The summed E-state index contributed by atoms with van der Waals surface area (Å²) in [6, 6.07) is 8.12. The summed E-state index contributed by atoms with van der Waals surface area (Å²) in [5, 5.41) is 4.31. The molecule has 2 fully saturated rings. The number of rotatable bonds is 2. The highest BCUT2D eigenvalue weighted by Gasteiger charge is 2.40. The van der Waals surface area contributed by atoms with Crippen molar-refractivity contribution in [1.29, 1.82) is 0 Å². The van der Waals surface area contributed by atoms with Crippen molar-refractivity contribution in [3.8, 4) is 0 Å². The second kappa shape index (κ2) is 5.03. The molecule has 0 aliphatic carbocycles. The van der Waals surface area contributed by atoms with Gasteiger partial charge in [-0.05, 0) is 50.9 Å². The number of benzene rings is 1. The van der Waals surface area contributed by atoms with Crippen molar-refractivity contribution in [2.75, 3.05) is 11.9 Å². The van der Waals surface area contributed by atoms with Gasteiger partial charge in [-0.1, -0.05) is 27.5 Å². The van der Waals surface area contributed by atoms with Crippen molar-refractivity contribution in [1.82, 2.24) is 5.32 Å². The summed E-state index contributed by atoms with van der Waals surface area (Å²) in [7, 11) is 2.08. The lowest BCUT2D eigenvalue weighted by molar-refractivity contribution is 0.374. The quantitative estimate of drug-likeness (QED) is 0.887. The molecule has 2 nitrogen and oxygen atoms in total. The monoisotopic (exact) mass is 328 g/mol. The fraction of sp³-hybridized carbons (Fsp3) is 0.571. The number of fused-ring (bicyclic) bond motifs is 2. The molecule has 0 amide bonds. The number of nitrogens with one attached hydrogen (secondary N) is 1. The molecule has 2 bridgehead atoms. The van der Waals surface area contributed by atoms with Crippen LogP contribution in [0.15, 0.2) is 22.7 Å². The molecule has 0 aromatic heterocycles. The Labute approximate surface area is 122 Å². The van der Waals surface area contributed by atoms with Gasteiger partial charge in [0.15, 0.2) is 0 Å². The SMILES string of the molecule is CNC1CC2CCC(C1)N2c1cc(Br)ccc1Cl. The Kier molecular flexibility index (Phi) is 3.57. The van der Waals surface area contributed by atoms with Crippen LogP contribution in [0.3, 0.4) is 0 Å². The van der Waals surface area contributed by atoms with Crippen LogP contribution in [-0.4, -0.2) is 25.2 Å². The van der Waals surface area contributed by atoms with Crippen molar-refractivity contribution in [2.24, 2.45) is 0 Å². The first-order chi connectivity index (χ1) is 8.69. The van der Waals surface area contributed by atoms with Crippen molar-refractivity contribution in [3.05, 3.63) is 27.7 Å². The van der Waals surface area contributed by atoms with Gasteiger partial charge in [0.1, 0.15) is 0 Å². The molecule has 2 heterocycles. The molecule has 3 rings (SSSR count). The van der Waals surface area contributed by atoms with Gasteiger partial charge < -0.3 is 10.2 Å². The number of piperidine rings is 1. The maximum absolute atomic E-state index is 6.38. The van der Waals surface area contributed by atoms with Crippen LogP contribution in [0.25, 0.3) is 0 Å². The maximum Gasteiger partial charge on any atom is 0.0640 e. The molecule has 2 aliphatic rings. The highest BCUT2D eigenvalue weighted by atomic mass is 79.9. The highest BCUT2D eigenvalue weighted by Crippen LogP contribution is 2.42. The smallest absolute Gasteiger partial charge is 0.0640 e. The predicted octanol–water partition coefficient (Wildman–Crippen LogP) is 3.82. The van der Waals surface area contributed by atoms with Gasteiger partial charge in [0.25, 0.3) is 0 Å². The molecular weight excluding hydrogens is 312 g/mol. The largest absolute Gasteiger partial charge is 0.364 e. The summed E-state index contributed by atoms with van der Waals surface area (Å²) in [5.41, 5.74) is 1.20. The number of hydrogen-bond donors (Lipinski definition) is 1. The van der Waals surface area contributed by atoms with Crippen molar-refractivity contribution in [2.45, 2.75) is 43.8 Å². The molecule has 1 aromatic carbocycles. The fourth-order valence-electron chi connectivity index (χ4n) is 3.49. The first-order valence-electron chi connectivity index (χ1n) is 6.59. The zero-order valence-electron chi connectivity index (χ0n) is 10.5.